The fourth-order valence-electron chi connectivity index (χ4n) is 5.40. The second kappa shape index (κ2) is 13.5. The van der Waals surface area contributed by atoms with Crippen LogP contribution in [0, 0.1) is 0 Å². The zero-order chi connectivity index (χ0) is 34.8. The van der Waals surface area contributed by atoms with Crippen molar-refractivity contribution in [1.29, 1.82) is 0 Å². The lowest BCUT2D eigenvalue weighted by Crippen LogP contribution is -2.18. The van der Waals surface area contributed by atoms with Crippen molar-refractivity contribution < 1.29 is 29.3 Å². The SMILES string of the molecule is CC(C)(C)c1cc(CCC(=O)Oc2ccc(OC(=O)CCc3cc(C(C)(C)C)c(O)c(C(C)(C)C)c3)cc2)cc(C(C)(C)C)c1O. The maximum Gasteiger partial charge on any atom is 0.311 e. The minimum absolute atomic E-state index is 0.180. The van der Waals surface area contributed by atoms with E-state index in [-0.39, 0.29) is 46.4 Å². The predicted molar refractivity (Wildman–Crippen MR) is 185 cm³/mol. The number of hydrogen-bond donors (Lipinski definition) is 2. The number of ether oxygens (including phenoxy) is 2. The molecule has 0 amide bonds. The Balaban J connectivity index is 1.61. The highest BCUT2D eigenvalue weighted by atomic mass is 16.5. The molecule has 0 aliphatic rings. The molecule has 3 aromatic rings. The van der Waals surface area contributed by atoms with Crippen LogP contribution in [0.3, 0.4) is 0 Å². The van der Waals surface area contributed by atoms with Crippen molar-refractivity contribution in [2.75, 3.05) is 0 Å². The number of hydrogen-bond acceptors (Lipinski definition) is 6. The molecule has 0 atom stereocenters. The molecule has 6 heteroatoms. The number of benzene rings is 3. The molecular weight excluding hydrogens is 576 g/mol. The first-order valence-electron chi connectivity index (χ1n) is 16.2. The number of esters is 2. The Morgan fingerprint density at radius 3 is 0.957 bits per heavy atom. The quantitative estimate of drug-likeness (QED) is 0.190. The Morgan fingerprint density at radius 2 is 0.739 bits per heavy atom. The average molecular weight is 631 g/mol. The van der Waals surface area contributed by atoms with Gasteiger partial charge in [-0.1, -0.05) is 107 Å². The second-order valence-corrected chi connectivity index (χ2v) is 16.5. The third-order valence-electron chi connectivity index (χ3n) is 8.09. The Hall–Kier alpha value is -3.80. The number of aryl methyl sites for hydroxylation is 2. The fraction of sp³-hybridized carbons (Fsp3) is 0.500. The molecule has 0 fully saturated rings. The van der Waals surface area contributed by atoms with Crippen LogP contribution >= 0.6 is 0 Å². The summed E-state index contributed by atoms with van der Waals surface area (Å²) in [6.07, 6.45) is 1.33. The largest absolute Gasteiger partial charge is 0.507 e. The van der Waals surface area contributed by atoms with Gasteiger partial charge < -0.3 is 19.7 Å². The lowest BCUT2D eigenvalue weighted by Gasteiger charge is -2.28. The van der Waals surface area contributed by atoms with Crippen LogP contribution in [0.25, 0.3) is 0 Å². The second-order valence-electron chi connectivity index (χ2n) is 16.5. The Morgan fingerprint density at radius 1 is 0.500 bits per heavy atom. The lowest BCUT2D eigenvalue weighted by atomic mass is 9.78. The molecule has 6 nitrogen and oxygen atoms in total. The Labute approximate surface area is 276 Å². The van der Waals surface area contributed by atoms with E-state index in [0.717, 1.165) is 33.4 Å². The van der Waals surface area contributed by atoms with Crippen LogP contribution in [0.2, 0.25) is 0 Å². The topological polar surface area (TPSA) is 93.1 Å². The van der Waals surface area contributed by atoms with Crippen LogP contribution < -0.4 is 9.47 Å². The molecule has 0 saturated heterocycles. The van der Waals surface area contributed by atoms with Gasteiger partial charge in [-0.3, -0.25) is 9.59 Å². The van der Waals surface area contributed by atoms with Crippen LogP contribution in [0.15, 0.2) is 48.5 Å². The van der Waals surface area contributed by atoms with E-state index in [9.17, 15) is 19.8 Å². The van der Waals surface area contributed by atoms with E-state index in [1.165, 1.54) is 0 Å². The van der Waals surface area contributed by atoms with Gasteiger partial charge in [0.15, 0.2) is 0 Å². The predicted octanol–water partition coefficient (Wildman–Crippen LogP) is 9.36. The highest BCUT2D eigenvalue weighted by Gasteiger charge is 2.28. The molecule has 0 bridgehead atoms. The summed E-state index contributed by atoms with van der Waals surface area (Å²) >= 11 is 0. The van der Waals surface area contributed by atoms with E-state index in [2.05, 4.69) is 83.1 Å². The van der Waals surface area contributed by atoms with Gasteiger partial charge in [0.1, 0.15) is 23.0 Å². The van der Waals surface area contributed by atoms with Gasteiger partial charge in [0.25, 0.3) is 0 Å². The summed E-state index contributed by atoms with van der Waals surface area (Å²) in [5.74, 6) is 0.634. The minimum atomic E-state index is -0.370. The van der Waals surface area contributed by atoms with Crippen LogP contribution in [-0.2, 0) is 44.1 Å². The van der Waals surface area contributed by atoms with Gasteiger partial charge >= 0.3 is 11.9 Å². The number of carbonyl (C=O) groups is 2. The van der Waals surface area contributed by atoms with Crippen molar-refractivity contribution in [2.24, 2.45) is 0 Å². The molecule has 250 valence electrons. The molecule has 3 aromatic carbocycles. The molecule has 2 N–H and O–H groups in total. The van der Waals surface area contributed by atoms with Gasteiger partial charge in [-0.2, -0.15) is 0 Å². The maximum atomic E-state index is 12.7. The minimum Gasteiger partial charge on any atom is -0.507 e. The molecule has 0 saturated carbocycles. The molecule has 3 rings (SSSR count). The molecule has 46 heavy (non-hydrogen) atoms. The van der Waals surface area contributed by atoms with Gasteiger partial charge in [0.05, 0.1) is 0 Å². The zero-order valence-corrected chi connectivity index (χ0v) is 30.0. The normalized spacial score (nSPS) is 12.6. The number of phenols is 2. The van der Waals surface area contributed by atoms with Gasteiger partial charge in [-0.15, -0.1) is 0 Å². The molecule has 0 aromatic heterocycles. The monoisotopic (exact) mass is 630 g/mol. The number of aromatic hydroxyl groups is 2. The summed E-state index contributed by atoms with van der Waals surface area (Å²) in [7, 11) is 0. The van der Waals surface area contributed by atoms with E-state index in [1.54, 1.807) is 24.3 Å². The first-order valence-corrected chi connectivity index (χ1v) is 16.2. The molecule has 0 radical (unpaired) electrons. The average Bonchev–Trinajstić information content (AvgIpc) is 2.90. The summed E-state index contributed by atoms with van der Waals surface area (Å²) in [5.41, 5.74) is 4.41. The molecule has 0 heterocycles. The summed E-state index contributed by atoms with van der Waals surface area (Å²) in [4.78, 5) is 25.4. The third-order valence-corrected chi connectivity index (χ3v) is 8.09. The van der Waals surface area contributed by atoms with Crippen LogP contribution in [0.1, 0.15) is 129 Å². The molecule has 0 spiro atoms. The number of phenolic OH excluding ortho intramolecular Hbond substituents is 2. The molecule has 0 unspecified atom stereocenters. The highest BCUT2D eigenvalue weighted by Crippen LogP contribution is 2.41. The van der Waals surface area contributed by atoms with Crippen molar-refractivity contribution >= 4 is 11.9 Å². The van der Waals surface area contributed by atoms with Crippen LogP contribution in [0.5, 0.6) is 23.0 Å². The van der Waals surface area contributed by atoms with Gasteiger partial charge in [0, 0.05) is 12.8 Å². The van der Waals surface area contributed by atoms with Crippen molar-refractivity contribution in [3.8, 4) is 23.0 Å². The van der Waals surface area contributed by atoms with Crippen LogP contribution in [-0.4, -0.2) is 22.2 Å². The number of carbonyl (C=O) groups excluding carboxylic acids is 2. The van der Waals surface area contributed by atoms with E-state index in [1.807, 2.05) is 24.3 Å². The van der Waals surface area contributed by atoms with Crippen molar-refractivity contribution in [1.82, 2.24) is 0 Å². The van der Waals surface area contributed by atoms with Crippen LogP contribution in [0.4, 0.5) is 0 Å². The summed E-state index contributed by atoms with van der Waals surface area (Å²) in [5, 5.41) is 21.9. The maximum absolute atomic E-state index is 12.7. The fourth-order valence-corrected chi connectivity index (χ4v) is 5.40. The smallest absolute Gasteiger partial charge is 0.311 e. The molecular formula is C40H54O6. The van der Waals surface area contributed by atoms with Gasteiger partial charge in [0.2, 0.25) is 0 Å². The summed E-state index contributed by atoms with van der Waals surface area (Å²) in [6.45, 7) is 24.8. The third kappa shape index (κ3) is 9.60. The Bertz CT molecular complexity index is 1360. The standard InChI is InChI=1S/C40H54O6/c1-37(2,3)29-21-25(22-30(35(29)43)38(4,5)6)13-19-33(41)45-27-15-17-28(18-16-27)46-34(42)20-14-26-23-31(39(7,8)9)36(44)32(24-26)40(10,11)12/h15-18,21-24,43-44H,13-14,19-20H2,1-12H3. The van der Waals surface area contributed by atoms with E-state index >= 15 is 0 Å². The van der Waals surface area contributed by atoms with Crippen molar-refractivity contribution in [3.05, 3.63) is 81.9 Å². The van der Waals surface area contributed by atoms with Gasteiger partial charge in [-0.05, 0) is 92.1 Å². The highest BCUT2D eigenvalue weighted by molar-refractivity contribution is 5.74. The summed E-state index contributed by atoms with van der Waals surface area (Å²) in [6, 6.07) is 14.4. The van der Waals surface area contributed by atoms with Crippen molar-refractivity contribution in [3.63, 3.8) is 0 Å². The summed E-state index contributed by atoms with van der Waals surface area (Å²) < 4.78 is 11.1. The first-order chi connectivity index (χ1) is 21.0. The van der Waals surface area contributed by atoms with E-state index < -0.39 is 0 Å². The van der Waals surface area contributed by atoms with E-state index in [4.69, 9.17) is 9.47 Å². The molecule has 0 aliphatic heterocycles. The Kier molecular flexibility index (Phi) is 10.8. The van der Waals surface area contributed by atoms with E-state index in [0.29, 0.717) is 35.8 Å². The van der Waals surface area contributed by atoms with Gasteiger partial charge in [-0.25, -0.2) is 0 Å². The first kappa shape index (κ1) is 36.7. The molecule has 0 aliphatic carbocycles. The zero-order valence-electron chi connectivity index (χ0n) is 30.0. The lowest BCUT2D eigenvalue weighted by molar-refractivity contribution is -0.135. The van der Waals surface area contributed by atoms with Crippen molar-refractivity contribution in [2.45, 2.75) is 130 Å². The number of rotatable bonds is 8.